The van der Waals surface area contributed by atoms with E-state index in [1.54, 1.807) is 0 Å². The Bertz CT molecular complexity index is 459. The van der Waals surface area contributed by atoms with E-state index in [-0.39, 0.29) is 6.61 Å². The molecule has 2 nitrogen and oxygen atoms in total. The van der Waals surface area contributed by atoms with Gasteiger partial charge in [-0.25, -0.2) is 0 Å². The van der Waals surface area contributed by atoms with Gasteiger partial charge in [-0.05, 0) is 37.0 Å². The van der Waals surface area contributed by atoms with Crippen molar-refractivity contribution < 1.29 is 5.11 Å². The number of aromatic nitrogens is 1. The molecule has 0 fully saturated rings. The van der Waals surface area contributed by atoms with Crippen LogP contribution in [0.1, 0.15) is 17.5 Å². The van der Waals surface area contributed by atoms with Crippen LogP contribution in [0.4, 0.5) is 0 Å². The third kappa shape index (κ3) is 3.14. The molecule has 0 bridgehead atoms. The molecule has 1 heterocycles. The lowest BCUT2D eigenvalue weighted by molar-refractivity contribution is 0.288. The minimum absolute atomic E-state index is 0.251. The van der Waals surface area contributed by atoms with Crippen LogP contribution in [-0.4, -0.2) is 16.7 Å². The van der Waals surface area contributed by atoms with Crippen molar-refractivity contribution in [1.29, 1.82) is 0 Å². The number of aliphatic hydroxyl groups is 1. The smallest absolute Gasteiger partial charge is 0.0702 e. The van der Waals surface area contributed by atoms with Gasteiger partial charge in [-0.1, -0.05) is 30.3 Å². The zero-order valence-corrected chi connectivity index (χ0v) is 10.1. The highest BCUT2D eigenvalue weighted by molar-refractivity contribution is 5.59. The van der Waals surface area contributed by atoms with Crippen LogP contribution in [-0.2, 0) is 6.42 Å². The molecule has 0 aliphatic carbocycles. The van der Waals surface area contributed by atoms with E-state index < -0.39 is 0 Å². The van der Waals surface area contributed by atoms with Crippen LogP contribution in [0.25, 0.3) is 11.3 Å². The topological polar surface area (TPSA) is 33.1 Å². The second kappa shape index (κ2) is 5.60. The van der Waals surface area contributed by atoms with Gasteiger partial charge in [0.15, 0.2) is 0 Å². The van der Waals surface area contributed by atoms with Crippen molar-refractivity contribution in [2.75, 3.05) is 6.61 Å². The summed E-state index contributed by atoms with van der Waals surface area (Å²) >= 11 is 0. The summed E-state index contributed by atoms with van der Waals surface area (Å²) in [6, 6.07) is 12.5. The van der Waals surface area contributed by atoms with E-state index in [2.05, 4.69) is 35.3 Å². The largest absolute Gasteiger partial charge is 0.396 e. The number of nitrogens with zero attached hydrogens (tertiary/aromatic N) is 1. The Kier molecular flexibility index (Phi) is 3.89. The van der Waals surface area contributed by atoms with E-state index in [1.165, 1.54) is 11.1 Å². The first-order chi connectivity index (χ1) is 8.29. The van der Waals surface area contributed by atoms with Crippen LogP contribution in [0.15, 0.2) is 42.6 Å². The average Bonchev–Trinajstić information content (AvgIpc) is 2.38. The maximum absolute atomic E-state index is 8.78. The number of hydrogen-bond donors (Lipinski definition) is 1. The summed E-state index contributed by atoms with van der Waals surface area (Å²) in [5.74, 6) is 0. The van der Waals surface area contributed by atoms with Gasteiger partial charge in [-0.3, -0.25) is 4.98 Å². The fourth-order valence-corrected chi connectivity index (χ4v) is 1.76. The molecule has 0 saturated heterocycles. The molecule has 1 aromatic carbocycles. The third-order valence-electron chi connectivity index (χ3n) is 2.78. The average molecular weight is 227 g/mol. The van der Waals surface area contributed by atoms with Crippen LogP contribution >= 0.6 is 0 Å². The monoisotopic (exact) mass is 227 g/mol. The molecular formula is C15H17NO. The van der Waals surface area contributed by atoms with Gasteiger partial charge in [0.25, 0.3) is 0 Å². The molecule has 0 atom stereocenters. The lowest BCUT2D eigenvalue weighted by Gasteiger charge is -2.03. The molecule has 0 saturated carbocycles. The molecule has 2 rings (SSSR count). The lowest BCUT2D eigenvalue weighted by Crippen LogP contribution is -1.90. The fraction of sp³-hybridized carbons (Fsp3) is 0.267. The van der Waals surface area contributed by atoms with Crippen molar-refractivity contribution in [2.24, 2.45) is 0 Å². The quantitative estimate of drug-likeness (QED) is 0.871. The molecule has 0 unspecified atom stereocenters. The Morgan fingerprint density at radius 3 is 2.41 bits per heavy atom. The first-order valence-electron chi connectivity index (χ1n) is 5.92. The number of pyridine rings is 1. The van der Waals surface area contributed by atoms with Gasteiger partial charge in [-0.2, -0.15) is 0 Å². The van der Waals surface area contributed by atoms with Crippen molar-refractivity contribution in [3.8, 4) is 11.3 Å². The lowest BCUT2D eigenvalue weighted by atomic mass is 10.1. The van der Waals surface area contributed by atoms with Gasteiger partial charge in [0.05, 0.1) is 5.69 Å². The van der Waals surface area contributed by atoms with E-state index in [4.69, 9.17) is 5.11 Å². The van der Waals surface area contributed by atoms with E-state index >= 15 is 0 Å². The minimum atomic E-state index is 0.251. The molecule has 0 aliphatic heterocycles. The molecule has 1 N–H and O–H groups in total. The molecule has 2 aromatic rings. The van der Waals surface area contributed by atoms with Crippen molar-refractivity contribution in [3.63, 3.8) is 0 Å². The van der Waals surface area contributed by atoms with Gasteiger partial charge in [-0.15, -0.1) is 0 Å². The standard InChI is InChI=1S/C15H17NO/c1-12-4-9-15(16-11-12)14-7-5-13(6-8-14)3-2-10-17/h4-9,11,17H,2-3,10H2,1H3. The predicted molar refractivity (Wildman–Crippen MR) is 69.8 cm³/mol. The summed E-state index contributed by atoms with van der Waals surface area (Å²) in [6.45, 7) is 2.29. The third-order valence-corrected chi connectivity index (χ3v) is 2.78. The first-order valence-corrected chi connectivity index (χ1v) is 5.92. The Balaban J connectivity index is 2.14. The number of benzene rings is 1. The molecule has 88 valence electrons. The highest BCUT2D eigenvalue weighted by atomic mass is 16.2. The molecular weight excluding hydrogens is 210 g/mol. The van der Waals surface area contributed by atoms with Gasteiger partial charge in [0, 0.05) is 18.4 Å². The molecule has 1 aromatic heterocycles. The maximum atomic E-state index is 8.78. The van der Waals surface area contributed by atoms with Gasteiger partial charge in [0.2, 0.25) is 0 Å². The summed E-state index contributed by atoms with van der Waals surface area (Å²) in [6.07, 6.45) is 3.63. The van der Waals surface area contributed by atoms with Crippen molar-refractivity contribution >= 4 is 0 Å². The first kappa shape index (κ1) is 11.8. The van der Waals surface area contributed by atoms with Gasteiger partial charge in [0.1, 0.15) is 0 Å². The number of rotatable bonds is 4. The highest BCUT2D eigenvalue weighted by Gasteiger charge is 1.99. The Hall–Kier alpha value is -1.67. The second-order valence-corrected chi connectivity index (χ2v) is 4.24. The van der Waals surface area contributed by atoms with Crippen LogP contribution in [0.2, 0.25) is 0 Å². The van der Waals surface area contributed by atoms with Crippen molar-refractivity contribution in [1.82, 2.24) is 4.98 Å². The van der Waals surface area contributed by atoms with E-state index in [0.717, 1.165) is 24.1 Å². The maximum Gasteiger partial charge on any atom is 0.0702 e. The summed E-state index contributed by atoms with van der Waals surface area (Å²) in [5.41, 5.74) is 4.57. The molecule has 0 amide bonds. The highest BCUT2D eigenvalue weighted by Crippen LogP contribution is 2.18. The Labute approximate surface area is 102 Å². The summed E-state index contributed by atoms with van der Waals surface area (Å²) in [5, 5.41) is 8.78. The summed E-state index contributed by atoms with van der Waals surface area (Å²) in [7, 11) is 0. The summed E-state index contributed by atoms with van der Waals surface area (Å²) in [4.78, 5) is 4.40. The Morgan fingerprint density at radius 2 is 1.82 bits per heavy atom. The predicted octanol–water partition coefficient (Wildman–Crippen LogP) is 2.98. The zero-order chi connectivity index (χ0) is 12.1. The zero-order valence-electron chi connectivity index (χ0n) is 10.1. The Morgan fingerprint density at radius 1 is 1.06 bits per heavy atom. The van der Waals surface area contributed by atoms with E-state index in [9.17, 15) is 0 Å². The minimum Gasteiger partial charge on any atom is -0.396 e. The molecule has 2 heteroatoms. The second-order valence-electron chi connectivity index (χ2n) is 4.24. The molecule has 17 heavy (non-hydrogen) atoms. The van der Waals surface area contributed by atoms with E-state index in [1.807, 2.05) is 19.2 Å². The number of aryl methyl sites for hydroxylation is 2. The number of hydrogen-bond acceptors (Lipinski definition) is 2. The molecule has 0 radical (unpaired) electrons. The van der Waals surface area contributed by atoms with Gasteiger partial charge < -0.3 is 5.11 Å². The van der Waals surface area contributed by atoms with Gasteiger partial charge >= 0.3 is 0 Å². The summed E-state index contributed by atoms with van der Waals surface area (Å²) < 4.78 is 0. The van der Waals surface area contributed by atoms with Crippen LogP contribution in [0.3, 0.4) is 0 Å². The van der Waals surface area contributed by atoms with Crippen molar-refractivity contribution in [3.05, 3.63) is 53.7 Å². The SMILES string of the molecule is Cc1ccc(-c2ccc(CCCO)cc2)nc1. The van der Waals surface area contributed by atoms with Crippen LogP contribution < -0.4 is 0 Å². The van der Waals surface area contributed by atoms with E-state index in [0.29, 0.717) is 0 Å². The van der Waals surface area contributed by atoms with Crippen LogP contribution in [0, 0.1) is 6.92 Å². The van der Waals surface area contributed by atoms with Crippen molar-refractivity contribution in [2.45, 2.75) is 19.8 Å². The fourth-order valence-electron chi connectivity index (χ4n) is 1.76. The van der Waals surface area contributed by atoms with Crippen LogP contribution in [0.5, 0.6) is 0 Å². The molecule has 0 aliphatic rings. The number of aliphatic hydroxyl groups excluding tert-OH is 1. The molecule has 0 spiro atoms. The normalized spacial score (nSPS) is 10.5.